The fourth-order valence-corrected chi connectivity index (χ4v) is 1.36. The van der Waals surface area contributed by atoms with E-state index in [0.29, 0.717) is 5.84 Å². The van der Waals surface area contributed by atoms with Crippen LogP contribution in [-0.4, -0.2) is 24.8 Å². The second kappa shape index (κ2) is 7.71. The largest absolute Gasteiger partial charge is 0.363 e. The Bertz CT molecular complexity index is 346. The van der Waals surface area contributed by atoms with Crippen LogP contribution in [0.3, 0.4) is 0 Å². The molecule has 0 aromatic heterocycles. The first-order valence-electron chi connectivity index (χ1n) is 6.16. The van der Waals surface area contributed by atoms with Crippen molar-refractivity contribution < 1.29 is 0 Å². The number of rotatable bonds is 2. The Morgan fingerprint density at radius 1 is 1.35 bits per heavy atom. The molecule has 0 aromatic rings. The molecular formula is C14H25N3. The Kier molecular flexibility index (Phi) is 7.03. The third kappa shape index (κ3) is 5.38. The van der Waals surface area contributed by atoms with Crippen molar-refractivity contribution >= 4 is 5.84 Å². The lowest BCUT2D eigenvalue weighted by atomic mass is 10.1. The first kappa shape index (κ1) is 15.5. The van der Waals surface area contributed by atoms with Gasteiger partial charge in [-0.05, 0) is 31.1 Å². The van der Waals surface area contributed by atoms with Crippen LogP contribution in [0.15, 0.2) is 35.2 Å². The monoisotopic (exact) mass is 235 g/mol. The lowest BCUT2D eigenvalue weighted by molar-refractivity contribution is 0.621. The average Bonchev–Trinajstić information content (AvgIpc) is 2.30. The van der Waals surface area contributed by atoms with Gasteiger partial charge in [0.15, 0.2) is 0 Å². The van der Waals surface area contributed by atoms with Gasteiger partial charge in [-0.2, -0.15) is 0 Å². The Balaban J connectivity index is 0.00000121. The highest BCUT2D eigenvalue weighted by atomic mass is 15.1. The van der Waals surface area contributed by atoms with E-state index in [-0.39, 0.29) is 0 Å². The van der Waals surface area contributed by atoms with E-state index in [1.165, 1.54) is 11.3 Å². The van der Waals surface area contributed by atoms with Gasteiger partial charge >= 0.3 is 0 Å². The van der Waals surface area contributed by atoms with Gasteiger partial charge in [-0.25, -0.2) is 0 Å². The van der Waals surface area contributed by atoms with Crippen LogP contribution in [0, 0.1) is 5.41 Å². The predicted octanol–water partition coefficient (Wildman–Crippen LogP) is 3.28. The first-order valence-corrected chi connectivity index (χ1v) is 6.16. The molecule has 2 N–H and O–H groups in total. The quantitative estimate of drug-likeness (QED) is 0.569. The molecule has 0 amide bonds. The Morgan fingerprint density at radius 2 is 1.94 bits per heavy atom. The van der Waals surface area contributed by atoms with Crippen LogP contribution in [0.2, 0.25) is 0 Å². The smallest absolute Gasteiger partial charge is 0.122 e. The number of nitrogens with zero attached hydrogens (tertiary/aromatic N) is 1. The van der Waals surface area contributed by atoms with Crippen LogP contribution in [0.5, 0.6) is 0 Å². The van der Waals surface area contributed by atoms with Crippen molar-refractivity contribution in [1.29, 1.82) is 5.41 Å². The molecule has 3 nitrogen and oxygen atoms in total. The molecule has 0 bridgehead atoms. The second-order valence-electron chi connectivity index (χ2n) is 3.92. The maximum absolute atomic E-state index is 7.73. The number of nitrogens with one attached hydrogen (secondary N) is 2. The molecule has 1 rings (SSSR count). The third-order valence-corrected chi connectivity index (χ3v) is 2.24. The van der Waals surface area contributed by atoms with Gasteiger partial charge in [0.1, 0.15) is 5.84 Å². The average molecular weight is 235 g/mol. The Hall–Kier alpha value is -1.51. The van der Waals surface area contributed by atoms with Gasteiger partial charge in [0.2, 0.25) is 0 Å². The summed E-state index contributed by atoms with van der Waals surface area (Å²) in [6.07, 6.45) is 7.01. The SMILES string of the molecule is CC.CCC1=CC(C)=C/C(=C/C(=N)N(C)C)N1. The number of likely N-dealkylation sites (N-methyl/N-ethyl adjacent to an activating group) is 1. The van der Waals surface area contributed by atoms with E-state index in [0.717, 1.165) is 12.1 Å². The molecular weight excluding hydrogens is 210 g/mol. The summed E-state index contributed by atoms with van der Waals surface area (Å²) in [7, 11) is 3.74. The van der Waals surface area contributed by atoms with E-state index < -0.39 is 0 Å². The lowest BCUT2D eigenvalue weighted by Crippen LogP contribution is -2.22. The molecule has 0 saturated heterocycles. The number of dihydropyridines is 1. The summed E-state index contributed by atoms with van der Waals surface area (Å²) < 4.78 is 0. The molecule has 96 valence electrons. The number of allylic oxidation sites excluding steroid dienone is 4. The summed E-state index contributed by atoms with van der Waals surface area (Å²) in [4.78, 5) is 1.78. The highest BCUT2D eigenvalue weighted by Gasteiger charge is 2.05. The number of hydrogen-bond acceptors (Lipinski definition) is 2. The lowest BCUT2D eigenvalue weighted by Gasteiger charge is -2.18. The van der Waals surface area contributed by atoms with Gasteiger partial charge in [-0.3, -0.25) is 5.41 Å². The summed E-state index contributed by atoms with van der Waals surface area (Å²) in [6.45, 7) is 8.19. The van der Waals surface area contributed by atoms with Crippen LogP contribution in [-0.2, 0) is 0 Å². The zero-order chi connectivity index (χ0) is 13.4. The third-order valence-electron chi connectivity index (χ3n) is 2.24. The summed E-state index contributed by atoms with van der Waals surface area (Å²) in [5, 5.41) is 11.0. The Morgan fingerprint density at radius 3 is 2.41 bits per heavy atom. The molecule has 0 atom stereocenters. The normalized spacial score (nSPS) is 16.2. The minimum Gasteiger partial charge on any atom is -0.363 e. The van der Waals surface area contributed by atoms with Crippen LogP contribution in [0.25, 0.3) is 0 Å². The fourth-order valence-electron chi connectivity index (χ4n) is 1.36. The maximum atomic E-state index is 7.73. The highest BCUT2D eigenvalue weighted by Crippen LogP contribution is 2.14. The summed E-state index contributed by atoms with van der Waals surface area (Å²) in [5.41, 5.74) is 3.42. The standard InChI is InChI=1S/C12H19N3.C2H6/c1-5-10-6-9(2)7-11(14-10)8-12(13)15(3)4;1-2/h6-8,13-14H,5H2,1-4H3;1-2H3/b11-8-,13-12?;. The van der Waals surface area contributed by atoms with Gasteiger partial charge in [0, 0.05) is 31.6 Å². The van der Waals surface area contributed by atoms with Crippen molar-refractivity contribution in [3.8, 4) is 0 Å². The molecule has 0 aliphatic carbocycles. The zero-order valence-corrected chi connectivity index (χ0v) is 11.9. The van der Waals surface area contributed by atoms with E-state index >= 15 is 0 Å². The number of amidine groups is 1. The molecule has 0 aromatic carbocycles. The van der Waals surface area contributed by atoms with Gasteiger partial charge in [0.25, 0.3) is 0 Å². The topological polar surface area (TPSA) is 39.1 Å². The van der Waals surface area contributed by atoms with Crippen LogP contribution < -0.4 is 5.32 Å². The molecule has 1 aliphatic rings. The molecule has 1 heterocycles. The molecule has 0 unspecified atom stereocenters. The van der Waals surface area contributed by atoms with Crippen molar-refractivity contribution in [2.24, 2.45) is 0 Å². The molecule has 0 spiro atoms. The zero-order valence-electron chi connectivity index (χ0n) is 11.9. The van der Waals surface area contributed by atoms with Crippen molar-refractivity contribution in [1.82, 2.24) is 10.2 Å². The minimum atomic E-state index is 0.499. The van der Waals surface area contributed by atoms with Gasteiger partial charge < -0.3 is 10.2 Å². The Labute approximate surface area is 105 Å². The van der Waals surface area contributed by atoms with E-state index in [1.54, 1.807) is 4.90 Å². The molecule has 0 saturated carbocycles. The first-order chi connectivity index (χ1) is 8.02. The molecule has 0 fully saturated rings. The maximum Gasteiger partial charge on any atom is 0.122 e. The summed E-state index contributed by atoms with van der Waals surface area (Å²) in [5.74, 6) is 0.499. The van der Waals surface area contributed by atoms with Gasteiger partial charge in [-0.1, -0.05) is 20.8 Å². The number of hydrogen-bond donors (Lipinski definition) is 2. The van der Waals surface area contributed by atoms with E-state index in [4.69, 9.17) is 5.41 Å². The van der Waals surface area contributed by atoms with E-state index in [9.17, 15) is 0 Å². The summed E-state index contributed by atoms with van der Waals surface area (Å²) >= 11 is 0. The van der Waals surface area contributed by atoms with Crippen LogP contribution in [0.4, 0.5) is 0 Å². The summed E-state index contributed by atoms with van der Waals surface area (Å²) in [6, 6.07) is 0. The van der Waals surface area contributed by atoms with Crippen molar-refractivity contribution in [2.45, 2.75) is 34.1 Å². The van der Waals surface area contributed by atoms with Crippen LogP contribution >= 0.6 is 0 Å². The van der Waals surface area contributed by atoms with Crippen molar-refractivity contribution in [3.05, 3.63) is 35.2 Å². The second-order valence-corrected chi connectivity index (χ2v) is 3.92. The highest BCUT2D eigenvalue weighted by molar-refractivity contribution is 5.90. The van der Waals surface area contributed by atoms with Gasteiger partial charge in [-0.15, -0.1) is 0 Å². The fraction of sp³-hybridized carbons (Fsp3) is 0.500. The molecule has 17 heavy (non-hydrogen) atoms. The molecule has 1 aliphatic heterocycles. The minimum absolute atomic E-state index is 0.499. The van der Waals surface area contributed by atoms with Crippen LogP contribution in [0.1, 0.15) is 34.1 Å². The van der Waals surface area contributed by atoms with Crippen molar-refractivity contribution in [3.63, 3.8) is 0 Å². The van der Waals surface area contributed by atoms with E-state index in [2.05, 4.69) is 31.3 Å². The molecule has 3 heteroatoms. The van der Waals surface area contributed by atoms with E-state index in [1.807, 2.05) is 34.0 Å². The van der Waals surface area contributed by atoms with Gasteiger partial charge in [0.05, 0.1) is 0 Å². The van der Waals surface area contributed by atoms with Crippen molar-refractivity contribution in [2.75, 3.05) is 14.1 Å². The predicted molar refractivity (Wildman–Crippen MR) is 76.1 cm³/mol. The molecule has 0 radical (unpaired) electrons.